The van der Waals surface area contributed by atoms with E-state index < -0.39 is 0 Å². The van der Waals surface area contributed by atoms with Crippen molar-refractivity contribution in [3.63, 3.8) is 0 Å². The zero-order valence-electron chi connectivity index (χ0n) is 8.88. The summed E-state index contributed by atoms with van der Waals surface area (Å²) in [7, 11) is 1.92. The van der Waals surface area contributed by atoms with Gasteiger partial charge in [-0.05, 0) is 38.1 Å². The van der Waals surface area contributed by atoms with Crippen molar-refractivity contribution in [3.05, 3.63) is 35.8 Å². The minimum Gasteiger partial charge on any atom is -0.464 e. The van der Waals surface area contributed by atoms with Crippen molar-refractivity contribution < 1.29 is 8.81 Å². The van der Waals surface area contributed by atoms with Crippen LogP contribution in [-0.2, 0) is 6.42 Å². The molecule has 0 aliphatic rings. The number of halogens is 1. The summed E-state index contributed by atoms with van der Waals surface area (Å²) in [5.41, 5.74) is 1.74. The quantitative estimate of drug-likeness (QED) is 0.837. The van der Waals surface area contributed by atoms with E-state index in [-0.39, 0.29) is 5.82 Å². The Kier molecular flexibility index (Phi) is 2.73. The Morgan fingerprint density at radius 2 is 2.27 bits per heavy atom. The van der Waals surface area contributed by atoms with Crippen LogP contribution < -0.4 is 5.32 Å². The van der Waals surface area contributed by atoms with Crippen LogP contribution in [0.5, 0.6) is 0 Å². The monoisotopic (exact) mass is 207 g/mol. The standard InChI is InChI=1S/C12H14FNO/c1-8(14-2)5-9-7-15-12-6-10(13)3-4-11(9)12/h3-4,6-8,14H,5H2,1-2H3. The first kappa shape index (κ1) is 10.2. The third-order valence-corrected chi connectivity index (χ3v) is 2.64. The van der Waals surface area contributed by atoms with Crippen LogP contribution in [0.3, 0.4) is 0 Å². The largest absolute Gasteiger partial charge is 0.464 e. The first-order valence-corrected chi connectivity index (χ1v) is 5.03. The van der Waals surface area contributed by atoms with Crippen molar-refractivity contribution in [3.8, 4) is 0 Å². The van der Waals surface area contributed by atoms with Crippen LogP contribution in [0.15, 0.2) is 28.9 Å². The van der Waals surface area contributed by atoms with Crippen molar-refractivity contribution >= 4 is 11.0 Å². The van der Waals surface area contributed by atoms with Gasteiger partial charge in [0.1, 0.15) is 11.4 Å². The molecule has 80 valence electrons. The molecule has 1 N–H and O–H groups in total. The van der Waals surface area contributed by atoms with Gasteiger partial charge in [-0.1, -0.05) is 0 Å². The maximum absolute atomic E-state index is 12.9. The number of fused-ring (bicyclic) bond motifs is 1. The normalized spacial score (nSPS) is 13.3. The lowest BCUT2D eigenvalue weighted by Crippen LogP contribution is -2.23. The lowest BCUT2D eigenvalue weighted by atomic mass is 10.1. The third-order valence-electron chi connectivity index (χ3n) is 2.64. The minimum absolute atomic E-state index is 0.259. The summed E-state index contributed by atoms with van der Waals surface area (Å²) < 4.78 is 18.2. The molecule has 2 aromatic rings. The van der Waals surface area contributed by atoms with E-state index in [1.807, 2.05) is 7.05 Å². The molecule has 0 aliphatic heterocycles. The van der Waals surface area contributed by atoms with Crippen molar-refractivity contribution in [2.75, 3.05) is 7.05 Å². The number of benzene rings is 1. The topological polar surface area (TPSA) is 25.2 Å². The molecule has 1 heterocycles. The predicted octanol–water partition coefficient (Wildman–Crippen LogP) is 2.72. The highest BCUT2D eigenvalue weighted by molar-refractivity contribution is 5.81. The van der Waals surface area contributed by atoms with Crippen LogP contribution in [0, 0.1) is 5.82 Å². The van der Waals surface area contributed by atoms with E-state index in [1.165, 1.54) is 12.1 Å². The Bertz CT molecular complexity index is 464. The summed E-state index contributed by atoms with van der Waals surface area (Å²) >= 11 is 0. The highest BCUT2D eigenvalue weighted by atomic mass is 19.1. The zero-order valence-corrected chi connectivity index (χ0v) is 8.88. The number of likely N-dealkylation sites (N-methyl/N-ethyl adjacent to an activating group) is 1. The van der Waals surface area contributed by atoms with E-state index in [9.17, 15) is 4.39 Å². The first-order chi connectivity index (χ1) is 7.20. The molecule has 0 spiro atoms. The van der Waals surface area contributed by atoms with Gasteiger partial charge < -0.3 is 9.73 Å². The Labute approximate surface area is 88.1 Å². The maximum atomic E-state index is 12.9. The van der Waals surface area contributed by atoms with E-state index in [2.05, 4.69) is 12.2 Å². The SMILES string of the molecule is CNC(C)Cc1coc2cc(F)ccc12. The van der Waals surface area contributed by atoms with Crippen LogP contribution in [0.4, 0.5) is 4.39 Å². The number of rotatable bonds is 3. The predicted molar refractivity (Wildman–Crippen MR) is 58.4 cm³/mol. The summed E-state index contributed by atoms with van der Waals surface area (Å²) in [5.74, 6) is -0.259. The van der Waals surface area contributed by atoms with Gasteiger partial charge in [-0.25, -0.2) is 4.39 Å². The molecule has 1 aromatic heterocycles. The average Bonchev–Trinajstić information content (AvgIpc) is 2.60. The lowest BCUT2D eigenvalue weighted by molar-refractivity contribution is 0.579. The van der Waals surface area contributed by atoms with Gasteiger partial charge in [-0.2, -0.15) is 0 Å². The Morgan fingerprint density at radius 3 is 3.00 bits per heavy atom. The molecule has 1 atom stereocenters. The van der Waals surface area contributed by atoms with Gasteiger partial charge in [0.05, 0.1) is 6.26 Å². The van der Waals surface area contributed by atoms with Gasteiger partial charge in [-0.3, -0.25) is 0 Å². The second kappa shape index (κ2) is 4.03. The summed E-state index contributed by atoms with van der Waals surface area (Å²) in [4.78, 5) is 0. The number of hydrogen-bond donors (Lipinski definition) is 1. The molecular formula is C12H14FNO. The summed E-state index contributed by atoms with van der Waals surface area (Å²) in [6.45, 7) is 2.10. The molecule has 0 aliphatic carbocycles. The molecule has 15 heavy (non-hydrogen) atoms. The Hall–Kier alpha value is -1.35. The van der Waals surface area contributed by atoms with Crippen LogP contribution in [0.25, 0.3) is 11.0 Å². The van der Waals surface area contributed by atoms with Crippen LogP contribution in [-0.4, -0.2) is 13.1 Å². The zero-order chi connectivity index (χ0) is 10.8. The van der Waals surface area contributed by atoms with Crippen molar-refractivity contribution in [2.24, 2.45) is 0 Å². The second-order valence-corrected chi connectivity index (χ2v) is 3.80. The summed E-state index contributed by atoms with van der Waals surface area (Å²) in [5, 5.41) is 4.16. The summed E-state index contributed by atoms with van der Waals surface area (Å²) in [6.07, 6.45) is 2.59. The van der Waals surface area contributed by atoms with Gasteiger partial charge in [-0.15, -0.1) is 0 Å². The molecule has 1 aromatic carbocycles. The van der Waals surface area contributed by atoms with Crippen molar-refractivity contribution in [2.45, 2.75) is 19.4 Å². The summed E-state index contributed by atoms with van der Waals surface area (Å²) in [6, 6.07) is 5.04. The molecule has 3 heteroatoms. The van der Waals surface area contributed by atoms with Gasteiger partial charge >= 0.3 is 0 Å². The van der Waals surface area contributed by atoms with Gasteiger partial charge in [0.2, 0.25) is 0 Å². The molecule has 0 amide bonds. The Balaban J connectivity index is 2.36. The van der Waals surface area contributed by atoms with E-state index in [4.69, 9.17) is 4.42 Å². The maximum Gasteiger partial charge on any atom is 0.137 e. The molecule has 2 nitrogen and oxygen atoms in total. The Morgan fingerprint density at radius 1 is 1.47 bits per heavy atom. The fraction of sp³-hybridized carbons (Fsp3) is 0.333. The van der Waals surface area contributed by atoms with Crippen LogP contribution in [0.1, 0.15) is 12.5 Å². The molecule has 2 rings (SSSR count). The number of hydrogen-bond acceptors (Lipinski definition) is 2. The number of furan rings is 1. The van der Waals surface area contributed by atoms with Crippen molar-refractivity contribution in [1.29, 1.82) is 0 Å². The number of nitrogens with one attached hydrogen (secondary N) is 1. The fourth-order valence-electron chi connectivity index (χ4n) is 1.65. The second-order valence-electron chi connectivity index (χ2n) is 3.80. The van der Waals surface area contributed by atoms with E-state index >= 15 is 0 Å². The average molecular weight is 207 g/mol. The van der Waals surface area contributed by atoms with Crippen LogP contribution in [0.2, 0.25) is 0 Å². The third kappa shape index (κ3) is 2.02. The molecule has 0 fully saturated rings. The van der Waals surface area contributed by atoms with Crippen molar-refractivity contribution in [1.82, 2.24) is 5.32 Å². The van der Waals surface area contributed by atoms with E-state index in [0.29, 0.717) is 11.6 Å². The molecule has 1 unspecified atom stereocenters. The van der Waals surface area contributed by atoms with Gasteiger partial charge in [0.25, 0.3) is 0 Å². The lowest BCUT2D eigenvalue weighted by Gasteiger charge is -2.07. The van der Waals surface area contributed by atoms with Crippen LogP contribution >= 0.6 is 0 Å². The fourth-order valence-corrected chi connectivity index (χ4v) is 1.65. The van der Waals surface area contributed by atoms with Gasteiger partial charge in [0.15, 0.2) is 0 Å². The smallest absolute Gasteiger partial charge is 0.137 e. The van der Waals surface area contributed by atoms with E-state index in [0.717, 1.165) is 17.4 Å². The van der Waals surface area contributed by atoms with Gasteiger partial charge in [0, 0.05) is 17.5 Å². The minimum atomic E-state index is -0.259. The van der Waals surface area contributed by atoms with E-state index in [1.54, 1.807) is 12.3 Å². The first-order valence-electron chi connectivity index (χ1n) is 5.03. The molecule has 0 saturated carbocycles. The molecule has 0 radical (unpaired) electrons. The molecule has 0 saturated heterocycles. The highest BCUT2D eigenvalue weighted by Gasteiger charge is 2.09. The molecular weight excluding hydrogens is 193 g/mol. The highest BCUT2D eigenvalue weighted by Crippen LogP contribution is 2.22. The molecule has 0 bridgehead atoms.